The van der Waals surface area contributed by atoms with Crippen LogP contribution in [0.2, 0.25) is 0 Å². The fourth-order valence-electron chi connectivity index (χ4n) is 4.98. The van der Waals surface area contributed by atoms with Crippen LogP contribution in [0.4, 0.5) is 0 Å². The van der Waals surface area contributed by atoms with Gasteiger partial charge in [-0.1, -0.05) is 84.9 Å². The maximum absolute atomic E-state index is 5.04. The van der Waals surface area contributed by atoms with E-state index in [0.29, 0.717) is 0 Å². The van der Waals surface area contributed by atoms with Crippen LogP contribution in [0, 0.1) is 0 Å². The third-order valence-electron chi connectivity index (χ3n) is 6.56. The minimum atomic E-state index is 1.01. The van der Waals surface area contributed by atoms with E-state index in [-0.39, 0.29) is 0 Å². The number of hydrogen-bond acceptors (Lipinski definition) is 1. The fraction of sp³-hybridized carbons (Fsp3) is 0. The van der Waals surface area contributed by atoms with E-state index in [1.54, 1.807) is 0 Å². The van der Waals surface area contributed by atoms with Gasteiger partial charge in [0.2, 0.25) is 0 Å². The van der Waals surface area contributed by atoms with E-state index in [1.807, 2.05) is 0 Å². The van der Waals surface area contributed by atoms with Crippen LogP contribution < -0.4 is 0 Å². The number of benzene rings is 5. The smallest absolute Gasteiger partial charge is 0.146 e. The maximum atomic E-state index is 5.04. The molecule has 0 saturated heterocycles. The van der Waals surface area contributed by atoms with Crippen LogP contribution in [0.3, 0.4) is 0 Å². The van der Waals surface area contributed by atoms with Crippen molar-refractivity contribution in [2.75, 3.05) is 0 Å². The van der Waals surface area contributed by atoms with Gasteiger partial charge in [-0.3, -0.25) is 4.40 Å². The third kappa shape index (κ3) is 2.78. The Morgan fingerprint density at radius 2 is 1.03 bits per heavy atom. The van der Waals surface area contributed by atoms with Gasteiger partial charge >= 0.3 is 0 Å². The van der Waals surface area contributed by atoms with Crippen LogP contribution in [0.1, 0.15) is 0 Å². The molecule has 0 bridgehead atoms. The molecule has 0 aliphatic heterocycles. The average Bonchev–Trinajstić information content (AvgIpc) is 3.29. The summed E-state index contributed by atoms with van der Waals surface area (Å²) in [6.45, 7) is 0. The van der Waals surface area contributed by atoms with Gasteiger partial charge in [-0.15, -0.1) is 0 Å². The molecular weight excluding hydrogens is 400 g/mol. The molecule has 2 nitrogen and oxygen atoms in total. The molecule has 0 unspecified atom stereocenters. The van der Waals surface area contributed by atoms with Crippen molar-refractivity contribution >= 4 is 38.4 Å². The first-order chi connectivity index (χ1) is 16.4. The second kappa shape index (κ2) is 7.04. The van der Waals surface area contributed by atoms with E-state index < -0.39 is 0 Å². The quantitative estimate of drug-likeness (QED) is 0.258. The Labute approximate surface area is 191 Å². The predicted molar refractivity (Wildman–Crippen MR) is 139 cm³/mol. The minimum Gasteiger partial charge on any atom is -0.292 e. The van der Waals surface area contributed by atoms with E-state index in [0.717, 1.165) is 16.7 Å². The van der Waals surface area contributed by atoms with Gasteiger partial charge in [0.1, 0.15) is 5.65 Å². The summed E-state index contributed by atoms with van der Waals surface area (Å²) >= 11 is 0. The van der Waals surface area contributed by atoms with Gasteiger partial charge in [0.15, 0.2) is 0 Å². The summed E-state index contributed by atoms with van der Waals surface area (Å²) in [6, 6.07) is 43.1. The van der Waals surface area contributed by atoms with Crippen molar-refractivity contribution in [3.63, 3.8) is 0 Å². The maximum Gasteiger partial charge on any atom is 0.146 e. The van der Waals surface area contributed by atoms with Crippen molar-refractivity contribution < 1.29 is 0 Å². The van der Waals surface area contributed by atoms with Crippen molar-refractivity contribution in [3.8, 4) is 22.3 Å². The Balaban J connectivity index is 1.65. The Hall–Kier alpha value is -4.43. The van der Waals surface area contributed by atoms with E-state index >= 15 is 0 Å². The normalized spacial score (nSPS) is 11.6. The van der Waals surface area contributed by atoms with Crippen molar-refractivity contribution in [1.29, 1.82) is 0 Å². The molecule has 7 rings (SSSR count). The topological polar surface area (TPSA) is 17.3 Å². The largest absolute Gasteiger partial charge is 0.292 e. The van der Waals surface area contributed by atoms with Gasteiger partial charge in [-0.05, 0) is 64.0 Å². The Bertz CT molecular complexity index is 1800. The Morgan fingerprint density at radius 3 is 1.76 bits per heavy atom. The van der Waals surface area contributed by atoms with E-state index in [2.05, 4.69) is 126 Å². The molecule has 2 heterocycles. The molecule has 154 valence electrons. The van der Waals surface area contributed by atoms with Crippen LogP contribution in [0.5, 0.6) is 0 Å². The number of aromatic nitrogens is 2. The lowest BCUT2D eigenvalue weighted by molar-refractivity contribution is 1.31. The number of pyridine rings is 1. The number of hydrogen-bond donors (Lipinski definition) is 0. The van der Waals surface area contributed by atoms with Gasteiger partial charge in [-0.25, -0.2) is 4.98 Å². The number of para-hydroxylation sites is 2. The summed E-state index contributed by atoms with van der Waals surface area (Å²) in [5.41, 5.74) is 9.22. The highest BCUT2D eigenvalue weighted by Crippen LogP contribution is 2.36. The van der Waals surface area contributed by atoms with Crippen molar-refractivity contribution in [1.82, 2.24) is 9.38 Å². The third-order valence-corrected chi connectivity index (χ3v) is 6.56. The zero-order valence-electron chi connectivity index (χ0n) is 17.9. The first-order valence-electron chi connectivity index (χ1n) is 11.2. The molecule has 0 fully saturated rings. The standard InChI is InChI=1S/C31H20N2/c1-3-9-21(10-4-1)23-15-17-25-26(19-23)27-20-24(22-11-5-2-6-12-22)16-18-29(27)33-30-14-8-7-13-28(30)32-31(25)33/h1-20H. The first kappa shape index (κ1) is 18.2. The number of nitrogens with zero attached hydrogens (tertiary/aromatic N) is 2. The molecule has 2 aromatic heterocycles. The monoisotopic (exact) mass is 420 g/mol. The molecule has 5 aromatic carbocycles. The molecule has 0 aliphatic rings. The van der Waals surface area contributed by atoms with Gasteiger partial charge in [0.25, 0.3) is 0 Å². The molecule has 0 aliphatic carbocycles. The second-order valence-electron chi connectivity index (χ2n) is 8.48. The summed E-state index contributed by atoms with van der Waals surface area (Å²) in [7, 11) is 0. The van der Waals surface area contributed by atoms with Crippen LogP contribution in [0.15, 0.2) is 121 Å². The van der Waals surface area contributed by atoms with Gasteiger partial charge in [-0.2, -0.15) is 0 Å². The summed E-state index contributed by atoms with van der Waals surface area (Å²) in [6.07, 6.45) is 0. The summed E-state index contributed by atoms with van der Waals surface area (Å²) in [5, 5.41) is 3.63. The highest BCUT2D eigenvalue weighted by Gasteiger charge is 2.15. The molecule has 0 radical (unpaired) electrons. The molecule has 0 saturated carbocycles. The van der Waals surface area contributed by atoms with Crippen molar-refractivity contribution in [2.45, 2.75) is 0 Å². The van der Waals surface area contributed by atoms with E-state index in [4.69, 9.17) is 4.98 Å². The summed E-state index contributed by atoms with van der Waals surface area (Å²) in [4.78, 5) is 5.04. The second-order valence-corrected chi connectivity index (χ2v) is 8.48. The zero-order chi connectivity index (χ0) is 21.8. The van der Waals surface area contributed by atoms with Crippen LogP contribution in [-0.2, 0) is 0 Å². The predicted octanol–water partition coefficient (Wildman–Crippen LogP) is 8.13. The lowest BCUT2D eigenvalue weighted by Gasteiger charge is -2.12. The Kier molecular flexibility index (Phi) is 3.88. The molecule has 0 atom stereocenters. The Morgan fingerprint density at radius 1 is 0.424 bits per heavy atom. The zero-order valence-corrected chi connectivity index (χ0v) is 17.9. The van der Waals surface area contributed by atoms with Gasteiger partial charge in [0, 0.05) is 10.8 Å². The molecular formula is C31H20N2. The molecule has 0 N–H and O–H groups in total. The van der Waals surface area contributed by atoms with Crippen LogP contribution in [0.25, 0.3) is 60.6 Å². The van der Waals surface area contributed by atoms with E-state index in [1.165, 1.54) is 43.9 Å². The lowest BCUT2D eigenvalue weighted by Crippen LogP contribution is -1.93. The SMILES string of the molecule is c1ccc(-c2ccc3c(c2)c2cc(-c4ccccc4)ccc2n2c4ccccc4nc32)cc1. The number of imidazole rings is 1. The van der Waals surface area contributed by atoms with E-state index in [9.17, 15) is 0 Å². The molecule has 0 amide bonds. The summed E-state index contributed by atoms with van der Waals surface area (Å²) in [5.74, 6) is 0. The van der Waals surface area contributed by atoms with Crippen molar-refractivity contribution in [3.05, 3.63) is 121 Å². The molecule has 7 aromatic rings. The van der Waals surface area contributed by atoms with Crippen molar-refractivity contribution in [2.24, 2.45) is 0 Å². The van der Waals surface area contributed by atoms with Crippen LogP contribution >= 0.6 is 0 Å². The van der Waals surface area contributed by atoms with Gasteiger partial charge in [0.05, 0.1) is 16.6 Å². The minimum absolute atomic E-state index is 1.01. The number of fused-ring (bicyclic) bond motifs is 8. The molecule has 33 heavy (non-hydrogen) atoms. The molecule has 2 heteroatoms. The highest BCUT2D eigenvalue weighted by atomic mass is 15.0. The lowest BCUT2D eigenvalue weighted by atomic mass is 9.97. The summed E-state index contributed by atoms with van der Waals surface area (Å²) < 4.78 is 2.31. The highest BCUT2D eigenvalue weighted by molar-refractivity contribution is 6.15. The molecule has 0 spiro atoms. The first-order valence-corrected chi connectivity index (χ1v) is 11.2. The van der Waals surface area contributed by atoms with Crippen LogP contribution in [-0.4, -0.2) is 9.38 Å². The fourth-order valence-corrected chi connectivity index (χ4v) is 4.98. The number of rotatable bonds is 2. The van der Waals surface area contributed by atoms with Gasteiger partial charge < -0.3 is 0 Å². The average molecular weight is 421 g/mol.